The number of rotatable bonds is 4. The third-order valence-electron chi connectivity index (χ3n) is 3.33. The maximum absolute atomic E-state index is 6.11. The van der Waals surface area contributed by atoms with Gasteiger partial charge in [-0.3, -0.25) is 0 Å². The molecule has 0 fully saturated rings. The Morgan fingerprint density at radius 1 is 0.952 bits per heavy atom. The molecule has 0 spiro atoms. The molecule has 1 heterocycles. The van der Waals surface area contributed by atoms with Gasteiger partial charge >= 0.3 is 0 Å². The average molecular weight is 298 g/mol. The second-order valence-electron chi connectivity index (χ2n) is 4.82. The van der Waals surface area contributed by atoms with Crippen molar-refractivity contribution >= 4 is 34.0 Å². The fourth-order valence-corrected chi connectivity index (χ4v) is 2.60. The van der Waals surface area contributed by atoms with E-state index in [0.717, 1.165) is 35.4 Å². The van der Waals surface area contributed by atoms with Crippen LogP contribution in [-0.4, -0.2) is 16.5 Å². The number of hydrogen-bond acceptors (Lipinski definition) is 3. The molecule has 21 heavy (non-hydrogen) atoms. The monoisotopic (exact) mass is 297 g/mol. The van der Waals surface area contributed by atoms with E-state index >= 15 is 0 Å². The first-order valence-electron chi connectivity index (χ1n) is 7.04. The molecule has 3 nitrogen and oxygen atoms in total. The molecule has 0 saturated heterocycles. The molecule has 0 bridgehead atoms. The Kier molecular flexibility index (Phi) is 4.02. The fraction of sp³-hybridized carbons (Fsp3) is 0.176. The number of anilines is 2. The van der Waals surface area contributed by atoms with Crippen LogP contribution in [0.3, 0.4) is 0 Å². The second-order valence-corrected chi connectivity index (χ2v) is 5.16. The van der Waals surface area contributed by atoms with E-state index in [1.54, 1.807) is 0 Å². The van der Waals surface area contributed by atoms with Crippen molar-refractivity contribution in [3.05, 3.63) is 59.9 Å². The molecule has 1 aromatic heterocycles. The maximum atomic E-state index is 6.11. The second kappa shape index (κ2) is 6.10. The molecule has 0 aliphatic carbocycles. The highest BCUT2D eigenvalue weighted by molar-refractivity contribution is 6.28. The first-order valence-corrected chi connectivity index (χ1v) is 7.42. The van der Waals surface area contributed by atoms with Crippen LogP contribution in [0.1, 0.15) is 13.3 Å². The molecule has 106 valence electrons. The van der Waals surface area contributed by atoms with Crippen LogP contribution in [0.15, 0.2) is 54.6 Å². The predicted molar refractivity (Wildman–Crippen MR) is 88.3 cm³/mol. The molecule has 4 heteroatoms. The summed E-state index contributed by atoms with van der Waals surface area (Å²) in [5, 5.41) is 1.29. The first kappa shape index (κ1) is 13.8. The smallest absolute Gasteiger partial charge is 0.224 e. The summed E-state index contributed by atoms with van der Waals surface area (Å²) in [6, 6.07) is 18.2. The standard InChI is InChI=1S/C17H16ClN3/c1-2-12-21(13-8-4-3-5-9-13)16-14-10-6-7-11-15(14)19-17(18)20-16/h3-11H,2,12H2,1H3. The van der Waals surface area contributed by atoms with Crippen LogP contribution in [0.5, 0.6) is 0 Å². The highest BCUT2D eigenvalue weighted by atomic mass is 35.5. The molecule has 0 radical (unpaired) electrons. The Labute approximate surface area is 129 Å². The zero-order chi connectivity index (χ0) is 14.7. The van der Waals surface area contributed by atoms with E-state index in [2.05, 4.69) is 33.9 Å². The van der Waals surface area contributed by atoms with Gasteiger partial charge in [0.1, 0.15) is 5.82 Å². The van der Waals surface area contributed by atoms with Gasteiger partial charge in [0, 0.05) is 17.6 Å². The van der Waals surface area contributed by atoms with Crippen LogP contribution in [0, 0.1) is 0 Å². The van der Waals surface area contributed by atoms with Gasteiger partial charge in [-0.2, -0.15) is 4.98 Å². The van der Waals surface area contributed by atoms with Crippen LogP contribution in [0.2, 0.25) is 5.28 Å². The minimum absolute atomic E-state index is 0.278. The number of halogens is 1. The van der Waals surface area contributed by atoms with Gasteiger partial charge in [-0.05, 0) is 42.3 Å². The van der Waals surface area contributed by atoms with Gasteiger partial charge in [0.2, 0.25) is 5.28 Å². The normalized spacial score (nSPS) is 10.8. The van der Waals surface area contributed by atoms with Gasteiger partial charge in [-0.25, -0.2) is 4.98 Å². The maximum Gasteiger partial charge on any atom is 0.224 e. The predicted octanol–water partition coefficient (Wildman–Crippen LogP) is 4.83. The molecule has 0 amide bonds. The van der Waals surface area contributed by atoms with Crippen LogP contribution in [0.4, 0.5) is 11.5 Å². The Hall–Kier alpha value is -2.13. The summed E-state index contributed by atoms with van der Waals surface area (Å²) in [4.78, 5) is 11.0. The molecular formula is C17H16ClN3. The number of hydrogen-bond donors (Lipinski definition) is 0. The van der Waals surface area contributed by atoms with Crippen molar-refractivity contribution in [3.8, 4) is 0 Å². The largest absolute Gasteiger partial charge is 0.326 e. The van der Waals surface area contributed by atoms with E-state index in [1.165, 1.54) is 0 Å². The number of para-hydroxylation sites is 2. The van der Waals surface area contributed by atoms with E-state index in [0.29, 0.717) is 0 Å². The number of aromatic nitrogens is 2. The van der Waals surface area contributed by atoms with Crippen molar-refractivity contribution in [3.63, 3.8) is 0 Å². The van der Waals surface area contributed by atoms with Gasteiger partial charge in [-0.1, -0.05) is 37.3 Å². The highest BCUT2D eigenvalue weighted by Gasteiger charge is 2.14. The molecular weight excluding hydrogens is 282 g/mol. The van der Waals surface area contributed by atoms with Gasteiger partial charge in [0.25, 0.3) is 0 Å². The quantitative estimate of drug-likeness (QED) is 0.646. The van der Waals surface area contributed by atoms with Gasteiger partial charge < -0.3 is 4.90 Å². The molecule has 2 aromatic carbocycles. The Morgan fingerprint density at radius 3 is 2.43 bits per heavy atom. The van der Waals surface area contributed by atoms with Crippen LogP contribution < -0.4 is 4.90 Å². The van der Waals surface area contributed by atoms with Gasteiger partial charge in [0.05, 0.1) is 5.52 Å². The first-order chi connectivity index (χ1) is 10.3. The van der Waals surface area contributed by atoms with Crippen molar-refractivity contribution in [2.24, 2.45) is 0 Å². The third kappa shape index (κ3) is 2.83. The molecule has 0 saturated carbocycles. The zero-order valence-corrected chi connectivity index (χ0v) is 12.6. The number of benzene rings is 2. The van der Waals surface area contributed by atoms with E-state index in [1.807, 2.05) is 42.5 Å². The lowest BCUT2D eigenvalue weighted by Crippen LogP contribution is -2.19. The van der Waals surface area contributed by atoms with Crippen molar-refractivity contribution in [2.45, 2.75) is 13.3 Å². The van der Waals surface area contributed by atoms with Gasteiger partial charge in [-0.15, -0.1) is 0 Å². The molecule has 0 aliphatic rings. The Morgan fingerprint density at radius 2 is 1.67 bits per heavy atom. The molecule has 0 unspecified atom stereocenters. The van der Waals surface area contributed by atoms with Crippen molar-refractivity contribution in [1.29, 1.82) is 0 Å². The van der Waals surface area contributed by atoms with Gasteiger partial charge in [0.15, 0.2) is 0 Å². The van der Waals surface area contributed by atoms with Crippen LogP contribution in [-0.2, 0) is 0 Å². The minimum Gasteiger partial charge on any atom is -0.326 e. The summed E-state index contributed by atoms with van der Waals surface area (Å²) in [7, 11) is 0. The van der Waals surface area contributed by atoms with Crippen LogP contribution >= 0.6 is 11.6 Å². The summed E-state index contributed by atoms with van der Waals surface area (Å²) >= 11 is 6.11. The lowest BCUT2D eigenvalue weighted by atomic mass is 10.2. The fourth-order valence-electron chi connectivity index (χ4n) is 2.43. The summed E-state index contributed by atoms with van der Waals surface area (Å²) < 4.78 is 0. The average Bonchev–Trinajstić information content (AvgIpc) is 2.52. The Balaban J connectivity index is 2.20. The van der Waals surface area contributed by atoms with Crippen molar-refractivity contribution in [2.75, 3.05) is 11.4 Å². The topological polar surface area (TPSA) is 29.0 Å². The van der Waals surface area contributed by atoms with E-state index in [9.17, 15) is 0 Å². The molecule has 0 aliphatic heterocycles. The van der Waals surface area contributed by atoms with E-state index < -0.39 is 0 Å². The summed E-state index contributed by atoms with van der Waals surface area (Å²) in [5.74, 6) is 0.860. The summed E-state index contributed by atoms with van der Waals surface area (Å²) in [5.41, 5.74) is 1.98. The zero-order valence-electron chi connectivity index (χ0n) is 11.8. The van der Waals surface area contributed by atoms with Crippen LogP contribution in [0.25, 0.3) is 10.9 Å². The molecule has 3 aromatic rings. The number of nitrogens with zero attached hydrogens (tertiary/aromatic N) is 3. The summed E-state index contributed by atoms with van der Waals surface area (Å²) in [6.45, 7) is 3.03. The lowest BCUT2D eigenvalue weighted by molar-refractivity contribution is 0.873. The molecule has 0 atom stereocenters. The SMILES string of the molecule is CCCN(c1ccccc1)c1nc(Cl)nc2ccccc12. The Bertz CT molecular complexity index is 743. The van der Waals surface area contributed by atoms with Crippen molar-refractivity contribution in [1.82, 2.24) is 9.97 Å². The third-order valence-corrected chi connectivity index (χ3v) is 3.50. The van der Waals surface area contributed by atoms with E-state index in [-0.39, 0.29) is 5.28 Å². The highest BCUT2D eigenvalue weighted by Crippen LogP contribution is 2.30. The minimum atomic E-state index is 0.278. The van der Waals surface area contributed by atoms with Crippen molar-refractivity contribution < 1.29 is 0 Å². The lowest BCUT2D eigenvalue weighted by Gasteiger charge is -2.24. The molecule has 0 N–H and O–H groups in total. The summed E-state index contributed by atoms with van der Waals surface area (Å²) in [6.07, 6.45) is 1.02. The molecule has 3 rings (SSSR count). The number of fused-ring (bicyclic) bond motifs is 1. The van der Waals surface area contributed by atoms with E-state index in [4.69, 9.17) is 11.6 Å².